The third-order valence-electron chi connectivity index (χ3n) is 5.14. The zero-order valence-corrected chi connectivity index (χ0v) is 15.5. The molecule has 2 atom stereocenters. The number of para-hydroxylation sites is 2. The molecule has 1 heterocycles. The van der Waals surface area contributed by atoms with Crippen molar-refractivity contribution in [2.75, 3.05) is 13.2 Å². The molecule has 0 fully saturated rings. The van der Waals surface area contributed by atoms with Crippen LogP contribution >= 0.6 is 0 Å². The highest BCUT2D eigenvalue weighted by Crippen LogP contribution is 2.19. The van der Waals surface area contributed by atoms with Crippen molar-refractivity contribution in [1.82, 2.24) is 4.57 Å². The predicted octanol–water partition coefficient (Wildman–Crippen LogP) is 3.15. The summed E-state index contributed by atoms with van der Waals surface area (Å²) in [4.78, 5) is 0. The molecule has 1 aliphatic carbocycles. The van der Waals surface area contributed by atoms with Crippen molar-refractivity contribution in [3.8, 4) is 0 Å². The topological polar surface area (TPSA) is 38.3 Å². The van der Waals surface area contributed by atoms with E-state index in [0.29, 0.717) is 19.1 Å². The van der Waals surface area contributed by atoms with E-state index in [0.717, 1.165) is 32.3 Å². The molecule has 25 heavy (non-hydrogen) atoms. The fraction of sp³-hybridized carbons (Fsp3) is 0.571. The van der Waals surface area contributed by atoms with Crippen LogP contribution in [0.25, 0.3) is 11.0 Å². The maximum absolute atomic E-state index is 10.5. The van der Waals surface area contributed by atoms with Gasteiger partial charge in [-0.25, -0.2) is 9.13 Å². The molecule has 136 valence electrons. The van der Waals surface area contributed by atoms with Crippen LogP contribution in [0.3, 0.4) is 0 Å². The molecule has 4 nitrogen and oxygen atoms in total. The summed E-state index contributed by atoms with van der Waals surface area (Å²) in [5.74, 6) is 1.87. The molecule has 0 radical (unpaired) electrons. The third-order valence-corrected chi connectivity index (χ3v) is 5.14. The van der Waals surface area contributed by atoms with Crippen LogP contribution < -0.4 is 4.57 Å². The quantitative estimate of drug-likeness (QED) is 0.591. The Morgan fingerprint density at radius 3 is 2.92 bits per heavy atom. The van der Waals surface area contributed by atoms with Crippen LogP contribution in [0.1, 0.15) is 38.4 Å². The molecule has 3 rings (SSSR count). The Kier molecular flexibility index (Phi) is 6.27. The van der Waals surface area contributed by atoms with Crippen molar-refractivity contribution in [1.29, 1.82) is 0 Å². The zero-order valence-electron chi connectivity index (χ0n) is 15.5. The number of aliphatic hydroxyl groups excluding tert-OH is 1. The summed E-state index contributed by atoms with van der Waals surface area (Å²) in [5.41, 5.74) is 2.40. The van der Waals surface area contributed by atoms with Gasteiger partial charge in [-0.3, -0.25) is 0 Å². The molecule has 2 aromatic rings. The molecule has 0 bridgehead atoms. The Hall–Kier alpha value is -1.65. The molecule has 0 amide bonds. The average molecular weight is 343 g/mol. The predicted molar refractivity (Wildman–Crippen MR) is 100 cm³/mol. The highest BCUT2D eigenvalue weighted by Gasteiger charge is 2.23. The lowest BCUT2D eigenvalue weighted by molar-refractivity contribution is -0.654. The van der Waals surface area contributed by atoms with Crippen molar-refractivity contribution < 1.29 is 14.4 Å². The van der Waals surface area contributed by atoms with E-state index in [1.807, 2.05) is 0 Å². The van der Waals surface area contributed by atoms with E-state index >= 15 is 0 Å². The summed E-state index contributed by atoms with van der Waals surface area (Å²) in [5, 5.41) is 10.5. The van der Waals surface area contributed by atoms with E-state index in [4.69, 9.17) is 4.74 Å². The minimum atomic E-state index is -0.481. The lowest BCUT2D eigenvalue weighted by atomic mass is 9.95. The van der Waals surface area contributed by atoms with E-state index in [2.05, 4.69) is 59.5 Å². The molecule has 1 aromatic carbocycles. The van der Waals surface area contributed by atoms with E-state index < -0.39 is 6.10 Å². The number of nitrogens with zero attached hydrogens (tertiary/aromatic N) is 2. The lowest BCUT2D eigenvalue weighted by Gasteiger charge is -2.18. The summed E-state index contributed by atoms with van der Waals surface area (Å²) in [6, 6.07) is 8.41. The molecule has 0 aliphatic heterocycles. The molecule has 0 saturated carbocycles. The van der Waals surface area contributed by atoms with E-state index in [-0.39, 0.29) is 0 Å². The summed E-state index contributed by atoms with van der Waals surface area (Å²) < 4.78 is 10.3. The van der Waals surface area contributed by atoms with Gasteiger partial charge in [-0.15, -0.1) is 0 Å². The van der Waals surface area contributed by atoms with Crippen LogP contribution in [0.15, 0.2) is 36.4 Å². The summed E-state index contributed by atoms with van der Waals surface area (Å²) in [7, 11) is 2.11. The van der Waals surface area contributed by atoms with Crippen LogP contribution in [0.5, 0.6) is 0 Å². The maximum atomic E-state index is 10.5. The monoisotopic (exact) mass is 343 g/mol. The van der Waals surface area contributed by atoms with E-state index in [1.54, 1.807) is 0 Å². The Morgan fingerprint density at radius 2 is 2.16 bits per heavy atom. The van der Waals surface area contributed by atoms with E-state index in [9.17, 15) is 5.11 Å². The van der Waals surface area contributed by atoms with Gasteiger partial charge in [0, 0.05) is 13.0 Å². The smallest absolute Gasteiger partial charge is 0.257 e. The average Bonchev–Trinajstić information content (AvgIpc) is 2.89. The van der Waals surface area contributed by atoms with Crippen molar-refractivity contribution in [2.24, 2.45) is 13.0 Å². The first-order chi connectivity index (χ1) is 12.2. The van der Waals surface area contributed by atoms with Gasteiger partial charge in [-0.05, 0) is 43.7 Å². The van der Waals surface area contributed by atoms with Crippen LogP contribution in [-0.4, -0.2) is 29.0 Å². The molecule has 1 N–H and O–H groups in total. The number of hydrogen-bond acceptors (Lipinski definition) is 2. The second-order valence-electron chi connectivity index (χ2n) is 7.17. The molecular weight excluding hydrogens is 312 g/mol. The Labute approximate surface area is 150 Å². The Bertz CT molecular complexity index is 720. The van der Waals surface area contributed by atoms with Gasteiger partial charge in [0.25, 0.3) is 5.82 Å². The van der Waals surface area contributed by atoms with Gasteiger partial charge in [0.05, 0.1) is 13.7 Å². The fourth-order valence-corrected chi connectivity index (χ4v) is 3.81. The first kappa shape index (κ1) is 18.2. The van der Waals surface area contributed by atoms with Gasteiger partial charge < -0.3 is 9.84 Å². The van der Waals surface area contributed by atoms with Gasteiger partial charge in [0.15, 0.2) is 11.0 Å². The van der Waals surface area contributed by atoms with Gasteiger partial charge in [-0.2, -0.15) is 0 Å². The lowest BCUT2D eigenvalue weighted by Crippen LogP contribution is -2.34. The maximum Gasteiger partial charge on any atom is 0.257 e. The van der Waals surface area contributed by atoms with Crippen molar-refractivity contribution in [3.05, 3.63) is 42.2 Å². The SMILES string of the molecule is CCCc1n(C[C@H](O)COC[C@@H]2CC=CCC2)c2ccccc2[n+]1C. The number of imidazole rings is 1. The van der Waals surface area contributed by atoms with Gasteiger partial charge in [-0.1, -0.05) is 31.2 Å². The van der Waals surface area contributed by atoms with Crippen LogP contribution in [0, 0.1) is 5.92 Å². The second-order valence-corrected chi connectivity index (χ2v) is 7.17. The van der Waals surface area contributed by atoms with Crippen molar-refractivity contribution >= 4 is 11.0 Å². The van der Waals surface area contributed by atoms with E-state index in [1.165, 1.54) is 23.3 Å². The number of aryl methyl sites for hydroxylation is 1. The Balaban J connectivity index is 1.64. The first-order valence-electron chi connectivity index (χ1n) is 9.57. The fourth-order valence-electron chi connectivity index (χ4n) is 3.81. The molecule has 0 unspecified atom stereocenters. The van der Waals surface area contributed by atoms with Crippen molar-refractivity contribution in [2.45, 2.75) is 51.7 Å². The number of ether oxygens (including phenoxy) is 1. The number of hydrogen-bond donors (Lipinski definition) is 1. The van der Waals surface area contributed by atoms with Crippen molar-refractivity contribution in [3.63, 3.8) is 0 Å². The minimum absolute atomic E-state index is 0.405. The number of fused-ring (bicyclic) bond motifs is 1. The first-order valence-corrected chi connectivity index (χ1v) is 9.57. The zero-order chi connectivity index (χ0) is 17.6. The summed E-state index contributed by atoms with van der Waals surface area (Å²) in [6.07, 6.45) is 9.57. The van der Waals surface area contributed by atoms with Gasteiger partial charge in [0.2, 0.25) is 0 Å². The van der Waals surface area contributed by atoms with Crippen LogP contribution in [-0.2, 0) is 24.8 Å². The molecule has 4 heteroatoms. The minimum Gasteiger partial charge on any atom is -0.387 e. The number of benzene rings is 1. The molecule has 1 aliphatic rings. The summed E-state index contributed by atoms with van der Waals surface area (Å²) >= 11 is 0. The molecule has 0 spiro atoms. The Morgan fingerprint density at radius 1 is 1.32 bits per heavy atom. The second kappa shape index (κ2) is 8.63. The normalized spacial score (nSPS) is 18.8. The number of aliphatic hydroxyl groups is 1. The van der Waals surface area contributed by atoms with Crippen LogP contribution in [0.2, 0.25) is 0 Å². The third kappa shape index (κ3) is 4.31. The number of rotatable bonds is 8. The highest BCUT2D eigenvalue weighted by atomic mass is 16.5. The highest BCUT2D eigenvalue weighted by molar-refractivity contribution is 5.72. The molecule has 1 aromatic heterocycles. The molecule has 0 saturated heterocycles. The molecular formula is C21H31N2O2+. The summed E-state index contributed by atoms with van der Waals surface area (Å²) in [6.45, 7) is 3.94. The number of aromatic nitrogens is 2. The van der Waals surface area contributed by atoms with Gasteiger partial charge in [0.1, 0.15) is 12.6 Å². The van der Waals surface area contributed by atoms with Crippen LogP contribution in [0.4, 0.5) is 0 Å². The van der Waals surface area contributed by atoms with Gasteiger partial charge >= 0.3 is 0 Å². The largest absolute Gasteiger partial charge is 0.387 e. The standard InChI is InChI=1S/C21H31N2O2/c1-3-9-21-22(2)19-12-7-8-13-20(19)23(21)14-18(24)16-25-15-17-10-5-4-6-11-17/h4-5,7-8,12-13,17-18,24H,3,6,9-11,14-16H2,1-2H3/q+1/t17-,18+/m1/s1. The number of allylic oxidation sites excluding steroid dienone is 2.